The molecule has 0 atom stereocenters. The Balaban J connectivity index is 1.78. The van der Waals surface area contributed by atoms with Crippen molar-refractivity contribution in [2.75, 3.05) is 32.1 Å². The van der Waals surface area contributed by atoms with E-state index in [1.807, 2.05) is 35.8 Å². The number of sulfonamides is 1. The summed E-state index contributed by atoms with van der Waals surface area (Å²) in [4.78, 5) is 0.216. The minimum atomic E-state index is -3.63. The fraction of sp³-hybridized carbons (Fsp3) is 0.273. The van der Waals surface area contributed by atoms with Crippen molar-refractivity contribution in [3.05, 3.63) is 65.7 Å². The van der Waals surface area contributed by atoms with Crippen molar-refractivity contribution in [2.45, 2.75) is 17.0 Å². The van der Waals surface area contributed by atoms with E-state index in [1.54, 1.807) is 24.3 Å². The number of aromatic nitrogens is 3. The first-order valence-electron chi connectivity index (χ1n) is 10.0. The number of hydrogen-bond donors (Lipinski definition) is 0. The number of halogens is 1. The monoisotopic (exact) mass is 490 g/mol. The van der Waals surface area contributed by atoms with Crippen LogP contribution in [0.4, 0.5) is 0 Å². The molecule has 2 heterocycles. The van der Waals surface area contributed by atoms with Gasteiger partial charge in [0, 0.05) is 29.4 Å². The van der Waals surface area contributed by atoms with Crippen LogP contribution in [0.25, 0.3) is 17.1 Å². The summed E-state index contributed by atoms with van der Waals surface area (Å²) in [5.41, 5.74) is 2.45. The van der Waals surface area contributed by atoms with Gasteiger partial charge in [0.05, 0.1) is 23.8 Å². The molecule has 7 nitrogen and oxygen atoms in total. The van der Waals surface area contributed by atoms with Gasteiger partial charge < -0.3 is 4.74 Å². The molecule has 32 heavy (non-hydrogen) atoms. The molecule has 0 saturated carbocycles. The highest BCUT2D eigenvalue weighted by Crippen LogP contribution is 2.31. The van der Waals surface area contributed by atoms with Gasteiger partial charge in [-0.15, -0.1) is 10.2 Å². The van der Waals surface area contributed by atoms with Crippen LogP contribution in [-0.4, -0.2) is 59.5 Å². The Kier molecular flexibility index (Phi) is 7.02. The number of ether oxygens (including phenoxy) is 1. The van der Waals surface area contributed by atoms with Crippen LogP contribution in [0.1, 0.15) is 6.92 Å². The number of nitrogens with zero attached hydrogens (tertiary/aromatic N) is 4. The molecule has 1 aliphatic rings. The van der Waals surface area contributed by atoms with Crippen molar-refractivity contribution in [3.8, 4) is 17.1 Å². The smallest absolute Gasteiger partial charge is 0.243 e. The Morgan fingerprint density at radius 3 is 2.62 bits per heavy atom. The lowest BCUT2D eigenvalue weighted by Gasteiger charge is -2.26. The zero-order valence-corrected chi connectivity index (χ0v) is 20.0. The molecule has 0 aliphatic carbocycles. The van der Waals surface area contributed by atoms with Crippen molar-refractivity contribution < 1.29 is 13.2 Å². The quantitative estimate of drug-likeness (QED) is 0.363. The molecule has 1 aromatic heterocycles. The number of rotatable bonds is 7. The number of morpholine rings is 1. The fourth-order valence-corrected chi connectivity index (χ4v) is 5.75. The van der Waals surface area contributed by atoms with Crippen molar-refractivity contribution >= 4 is 33.4 Å². The van der Waals surface area contributed by atoms with Crippen LogP contribution < -0.4 is 0 Å². The van der Waals surface area contributed by atoms with Gasteiger partial charge in [0.15, 0.2) is 11.0 Å². The highest BCUT2D eigenvalue weighted by molar-refractivity contribution is 7.99. The summed E-state index contributed by atoms with van der Waals surface area (Å²) in [6, 6.07) is 14.2. The third-order valence-corrected chi connectivity index (χ3v) is 8.14. The highest BCUT2D eigenvalue weighted by Gasteiger charge is 2.27. The summed E-state index contributed by atoms with van der Waals surface area (Å²) in [5, 5.41) is 10.0. The van der Waals surface area contributed by atoms with Gasteiger partial charge >= 0.3 is 0 Å². The van der Waals surface area contributed by atoms with Crippen LogP contribution in [0.2, 0.25) is 5.02 Å². The molecule has 0 spiro atoms. The molecule has 10 heteroatoms. The van der Waals surface area contributed by atoms with E-state index >= 15 is 0 Å². The van der Waals surface area contributed by atoms with Gasteiger partial charge in [0.1, 0.15) is 0 Å². The predicted octanol–water partition coefficient (Wildman–Crippen LogP) is 4.28. The maximum absolute atomic E-state index is 13.1. The van der Waals surface area contributed by atoms with Crippen molar-refractivity contribution in [2.24, 2.45) is 0 Å². The first kappa shape index (κ1) is 23.0. The first-order valence-corrected chi connectivity index (χ1v) is 12.8. The second-order valence-electron chi connectivity index (χ2n) is 7.41. The summed E-state index contributed by atoms with van der Waals surface area (Å²) in [5.74, 6) is 1.22. The molecule has 4 rings (SSSR count). The summed E-state index contributed by atoms with van der Waals surface area (Å²) >= 11 is 7.75. The van der Waals surface area contributed by atoms with Crippen molar-refractivity contribution in [3.63, 3.8) is 0 Å². The second-order valence-corrected chi connectivity index (χ2v) is 10.7. The average molecular weight is 491 g/mol. The first-order chi connectivity index (χ1) is 15.4. The molecule has 1 fully saturated rings. The summed E-state index contributed by atoms with van der Waals surface area (Å²) in [7, 11) is -3.63. The fourth-order valence-electron chi connectivity index (χ4n) is 3.32. The van der Waals surface area contributed by atoms with Crippen LogP contribution in [0, 0.1) is 0 Å². The van der Waals surface area contributed by atoms with E-state index in [2.05, 4.69) is 16.8 Å². The lowest BCUT2D eigenvalue weighted by molar-refractivity contribution is 0.0730. The minimum Gasteiger partial charge on any atom is -0.379 e. The topological polar surface area (TPSA) is 77.3 Å². The van der Waals surface area contributed by atoms with Crippen LogP contribution in [0.15, 0.2) is 70.7 Å². The molecule has 0 N–H and O–H groups in total. The number of hydrogen-bond acceptors (Lipinski definition) is 6. The molecular weight excluding hydrogens is 468 g/mol. The summed E-state index contributed by atoms with van der Waals surface area (Å²) in [6.07, 6.45) is 0. The van der Waals surface area contributed by atoms with E-state index in [9.17, 15) is 8.42 Å². The maximum atomic E-state index is 13.1. The van der Waals surface area contributed by atoms with Gasteiger partial charge in [-0.1, -0.05) is 53.7 Å². The van der Waals surface area contributed by atoms with Gasteiger partial charge in [0.25, 0.3) is 0 Å². The molecule has 2 aromatic carbocycles. The SMILES string of the molecule is C=C(C)CSc1nnc(-c2cccc(S(=O)(=O)N3CCOCC3)c2)n1-c1cccc(Cl)c1. The Bertz CT molecular complexity index is 1240. The molecule has 1 aliphatic heterocycles. The van der Waals surface area contributed by atoms with E-state index in [0.29, 0.717) is 53.6 Å². The molecule has 1 saturated heterocycles. The minimum absolute atomic E-state index is 0.216. The third-order valence-electron chi connectivity index (χ3n) is 4.85. The third kappa shape index (κ3) is 4.92. The van der Waals surface area contributed by atoms with Crippen LogP contribution >= 0.6 is 23.4 Å². The largest absolute Gasteiger partial charge is 0.379 e. The molecule has 0 radical (unpaired) electrons. The lowest BCUT2D eigenvalue weighted by atomic mass is 10.2. The summed E-state index contributed by atoms with van der Waals surface area (Å²) < 4.78 is 34.9. The van der Waals surface area contributed by atoms with E-state index < -0.39 is 10.0 Å². The molecule has 3 aromatic rings. The second kappa shape index (κ2) is 9.76. The van der Waals surface area contributed by atoms with Gasteiger partial charge in [0.2, 0.25) is 10.0 Å². The van der Waals surface area contributed by atoms with Crippen molar-refractivity contribution in [1.29, 1.82) is 0 Å². The van der Waals surface area contributed by atoms with Gasteiger partial charge in [-0.05, 0) is 37.3 Å². The molecule has 0 amide bonds. The van der Waals surface area contributed by atoms with Crippen molar-refractivity contribution in [1.82, 2.24) is 19.1 Å². The van der Waals surface area contributed by atoms with E-state index in [-0.39, 0.29) is 4.90 Å². The van der Waals surface area contributed by atoms with E-state index in [4.69, 9.17) is 16.3 Å². The molecule has 0 bridgehead atoms. The normalized spacial score (nSPS) is 15.1. The van der Waals surface area contributed by atoms with E-state index in [0.717, 1.165) is 11.3 Å². The number of benzene rings is 2. The van der Waals surface area contributed by atoms with E-state index in [1.165, 1.54) is 16.1 Å². The van der Waals surface area contributed by atoms with Gasteiger partial charge in [-0.2, -0.15) is 4.31 Å². The molecular formula is C22H23ClN4O3S2. The maximum Gasteiger partial charge on any atom is 0.243 e. The molecule has 168 valence electrons. The van der Waals surface area contributed by atoms with Crippen LogP contribution in [-0.2, 0) is 14.8 Å². The Morgan fingerprint density at radius 1 is 1.16 bits per heavy atom. The Morgan fingerprint density at radius 2 is 1.91 bits per heavy atom. The lowest BCUT2D eigenvalue weighted by Crippen LogP contribution is -2.40. The van der Waals surface area contributed by atoms with Gasteiger partial charge in [-0.25, -0.2) is 8.42 Å². The zero-order chi connectivity index (χ0) is 22.7. The van der Waals surface area contributed by atoms with Crippen LogP contribution in [0.5, 0.6) is 0 Å². The Labute approximate surface area is 197 Å². The zero-order valence-electron chi connectivity index (χ0n) is 17.6. The highest BCUT2D eigenvalue weighted by atomic mass is 35.5. The van der Waals surface area contributed by atoms with Gasteiger partial charge in [-0.3, -0.25) is 4.57 Å². The standard InChI is InChI=1S/C22H23ClN4O3S2/c1-16(2)15-31-22-25-24-21(27(22)19-7-4-6-18(23)14-19)17-5-3-8-20(13-17)32(28,29)26-9-11-30-12-10-26/h3-8,13-14H,1,9-12,15H2,2H3. The average Bonchev–Trinajstić information content (AvgIpc) is 3.22. The summed E-state index contributed by atoms with van der Waals surface area (Å²) in [6.45, 7) is 7.38. The molecule has 0 unspecified atom stereocenters. The Hall–Kier alpha value is -2.17. The predicted molar refractivity (Wildman–Crippen MR) is 127 cm³/mol. The number of thioether (sulfide) groups is 1. The van der Waals surface area contributed by atoms with Crippen LogP contribution in [0.3, 0.4) is 0 Å².